The molecule has 0 radical (unpaired) electrons. The predicted octanol–water partition coefficient (Wildman–Crippen LogP) is 1.88. The fourth-order valence-corrected chi connectivity index (χ4v) is 1.06. The van der Waals surface area contributed by atoms with Crippen LogP contribution in [0.2, 0.25) is 0 Å². The summed E-state index contributed by atoms with van der Waals surface area (Å²) in [4.78, 5) is 3.63. The number of nitriles is 1. The minimum absolute atomic E-state index is 0.375. The normalized spacial score (nSPS) is 11.7. The first kappa shape index (κ1) is 8.51. The molecule has 0 bridgehead atoms. The summed E-state index contributed by atoms with van der Waals surface area (Å²) in [6.45, 7) is 4.04. The molecule has 0 spiro atoms. The van der Waals surface area contributed by atoms with E-state index in [0.29, 0.717) is 5.92 Å². The Morgan fingerprint density at radius 3 is 2.33 bits per heavy atom. The molecule has 3 heteroatoms. The van der Waals surface area contributed by atoms with Gasteiger partial charge in [-0.25, -0.2) is 0 Å². The first-order valence-electron chi connectivity index (χ1n) is 2.73. The molecule has 50 valence electrons. The summed E-state index contributed by atoms with van der Waals surface area (Å²) < 4.78 is 0. The van der Waals surface area contributed by atoms with E-state index in [9.17, 15) is 0 Å². The van der Waals surface area contributed by atoms with Crippen molar-refractivity contribution in [3.8, 4) is 6.19 Å². The summed E-state index contributed by atoms with van der Waals surface area (Å²) in [7, 11) is 0. The monoisotopic (exact) mass is 142 g/mol. The predicted molar refractivity (Wildman–Crippen MR) is 41.4 cm³/mol. The molecule has 0 aliphatic heterocycles. The zero-order valence-corrected chi connectivity index (χ0v) is 6.70. The third kappa shape index (κ3) is 3.15. The minimum atomic E-state index is 0.375. The zero-order chi connectivity index (χ0) is 7.28. The van der Waals surface area contributed by atoms with Gasteiger partial charge >= 0.3 is 0 Å². The van der Waals surface area contributed by atoms with Gasteiger partial charge in [0.05, 0.1) is 5.04 Å². The first-order valence-corrected chi connectivity index (χ1v) is 3.95. The largest absolute Gasteiger partial charge is 0.206 e. The van der Waals surface area contributed by atoms with E-state index >= 15 is 0 Å². The maximum atomic E-state index is 8.17. The van der Waals surface area contributed by atoms with Gasteiger partial charge in [-0.3, -0.25) is 0 Å². The van der Waals surface area contributed by atoms with E-state index in [-0.39, 0.29) is 0 Å². The van der Waals surface area contributed by atoms with Crippen LogP contribution in [0.3, 0.4) is 0 Å². The van der Waals surface area contributed by atoms with Gasteiger partial charge in [-0.05, 0) is 6.26 Å². The minimum Gasteiger partial charge on any atom is -0.171 e. The van der Waals surface area contributed by atoms with Gasteiger partial charge in [0, 0.05) is 5.92 Å². The molecule has 0 saturated heterocycles. The summed E-state index contributed by atoms with van der Waals surface area (Å²) in [5, 5.41) is 9.07. The molecule has 0 saturated carbocycles. The summed E-state index contributed by atoms with van der Waals surface area (Å²) >= 11 is 1.53. The Morgan fingerprint density at radius 1 is 1.67 bits per heavy atom. The maximum Gasteiger partial charge on any atom is 0.206 e. The van der Waals surface area contributed by atoms with Crippen molar-refractivity contribution in [3.05, 3.63) is 0 Å². The molecule has 0 unspecified atom stereocenters. The molecule has 0 atom stereocenters. The fraction of sp³-hybridized carbons (Fsp3) is 0.667. The van der Waals surface area contributed by atoms with E-state index in [0.717, 1.165) is 5.04 Å². The number of rotatable bonds is 1. The Balaban J connectivity index is 4.02. The second-order valence-corrected chi connectivity index (χ2v) is 2.74. The molecular formula is C6H10N2S. The van der Waals surface area contributed by atoms with Crippen LogP contribution in [-0.4, -0.2) is 11.3 Å². The van der Waals surface area contributed by atoms with Crippen LogP contribution in [0.15, 0.2) is 4.99 Å². The zero-order valence-electron chi connectivity index (χ0n) is 5.88. The Bertz CT molecular complexity index is 144. The van der Waals surface area contributed by atoms with Crippen LogP contribution in [0.1, 0.15) is 13.8 Å². The van der Waals surface area contributed by atoms with Gasteiger partial charge in [-0.15, -0.1) is 11.8 Å². The molecule has 2 nitrogen and oxygen atoms in total. The summed E-state index contributed by atoms with van der Waals surface area (Å²) in [6.07, 6.45) is 3.69. The van der Waals surface area contributed by atoms with Crippen molar-refractivity contribution in [3.63, 3.8) is 0 Å². The number of hydrogen-bond acceptors (Lipinski definition) is 3. The van der Waals surface area contributed by atoms with Crippen molar-refractivity contribution in [1.29, 1.82) is 5.26 Å². The third-order valence-electron chi connectivity index (χ3n) is 0.863. The van der Waals surface area contributed by atoms with Gasteiger partial charge in [0.2, 0.25) is 6.19 Å². The topological polar surface area (TPSA) is 36.1 Å². The fourth-order valence-electron chi connectivity index (χ4n) is 0.460. The molecule has 0 aliphatic rings. The van der Waals surface area contributed by atoms with Crippen LogP contribution in [-0.2, 0) is 0 Å². The molecule has 0 fully saturated rings. The number of thioether (sulfide) groups is 1. The van der Waals surface area contributed by atoms with E-state index in [1.165, 1.54) is 11.8 Å². The van der Waals surface area contributed by atoms with Crippen LogP contribution in [0, 0.1) is 17.4 Å². The number of aliphatic imine (C=N–C) groups is 1. The second kappa shape index (κ2) is 4.39. The molecule has 0 rings (SSSR count). The average molecular weight is 142 g/mol. The summed E-state index contributed by atoms with van der Waals surface area (Å²) in [5.41, 5.74) is 0. The van der Waals surface area contributed by atoms with Gasteiger partial charge in [0.25, 0.3) is 0 Å². The highest BCUT2D eigenvalue weighted by atomic mass is 32.2. The maximum absolute atomic E-state index is 8.17. The van der Waals surface area contributed by atoms with E-state index in [2.05, 4.69) is 4.99 Å². The average Bonchev–Trinajstić information content (AvgIpc) is 1.82. The number of hydrogen-bond donors (Lipinski definition) is 0. The van der Waals surface area contributed by atoms with Gasteiger partial charge < -0.3 is 0 Å². The lowest BCUT2D eigenvalue weighted by molar-refractivity contribution is 0.901. The standard InChI is InChI=1S/C6H10N2S/c1-5(2)6(9-3)8-4-7/h5H,1-3H3/b8-6-. The van der Waals surface area contributed by atoms with E-state index in [1.54, 1.807) is 6.19 Å². The van der Waals surface area contributed by atoms with Crippen LogP contribution >= 0.6 is 11.8 Å². The van der Waals surface area contributed by atoms with Crippen molar-refractivity contribution in [2.75, 3.05) is 6.26 Å². The van der Waals surface area contributed by atoms with Crippen LogP contribution in [0.5, 0.6) is 0 Å². The molecule has 0 aromatic heterocycles. The lowest BCUT2D eigenvalue weighted by Gasteiger charge is -2.01. The lowest BCUT2D eigenvalue weighted by atomic mass is 10.2. The van der Waals surface area contributed by atoms with Gasteiger partial charge in [0.15, 0.2) is 0 Å². The molecule has 0 aromatic carbocycles. The Morgan fingerprint density at radius 2 is 2.22 bits per heavy atom. The third-order valence-corrected chi connectivity index (χ3v) is 1.84. The van der Waals surface area contributed by atoms with Crippen LogP contribution in [0.25, 0.3) is 0 Å². The van der Waals surface area contributed by atoms with Crippen molar-refractivity contribution in [2.45, 2.75) is 13.8 Å². The lowest BCUT2D eigenvalue weighted by Crippen LogP contribution is -2.00. The van der Waals surface area contributed by atoms with E-state index < -0.39 is 0 Å². The molecule has 0 amide bonds. The summed E-state index contributed by atoms with van der Waals surface area (Å²) in [6, 6.07) is 0. The van der Waals surface area contributed by atoms with Crippen LogP contribution in [0.4, 0.5) is 0 Å². The van der Waals surface area contributed by atoms with Crippen molar-refractivity contribution in [2.24, 2.45) is 10.9 Å². The van der Waals surface area contributed by atoms with E-state index in [4.69, 9.17) is 5.26 Å². The molecule has 0 aromatic rings. The molecule has 0 heterocycles. The molecule has 0 aliphatic carbocycles. The van der Waals surface area contributed by atoms with Gasteiger partial charge in [0.1, 0.15) is 0 Å². The second-order valence-electron chi connectivity index (χ2n) is 1.91. The quantitative estimate of drug-likeness (QED) is 0.318. The Labute approximate surface area is 60.0 Å². The highest BCUT2D eigenvalue weighted by Crippen LogP contribution is 2.08. The van der Waals surface area contributed by atoms with Gasteiger partial charge in [-0.1, -0.05) is 13.8 Å². The highest BCUT2D eigenvalue weighted by Gasteiger charge is 2.00. The highest BCUT2D eigenvalue weighted by molar-refractivity contribution is 8.13. The molecular weight excluding hydrogens is 132 g/mol. The smallest absolute Gasteiger partial charge is 0.171 e. The van der Waals surface area contributed by atoms with Crippen LogP contribution < -0.4 is 0 Å². The Hall–Kier alpha value is -0.490. The summed E-state index contributed by atoms with van der Waals surface area (Å²) in [5.74, 6) is 0.375. The van der Waals surface area contributed by atoms with Crippen molar-refractivity contribution >= 4 is 16.8 Å². The molecule has 9 heavy (non-hydrogen) atoms. The van der Waals surface area contributed by atoms with Crippen molar-refractivity contribution in [1.82, 2.24) is 0 Å². The SMILES string of the molecule is CS/C(=N\C#N)C(C)C. The number of nitrogens with zero attached hydrogens (tertiary/aromatic N) is 2. The molecule has 0 N–H and O–H groups in total. The van der Waals surface area contributed by atoms with Crippen molar-refractivity contribution < 1.29 is 0 Å². The van der Waals surface area contributed by atoms with Gasteiger partial charge in [-0.2, -0.15) is 10.3 Å². The Kier molecular flexibility index (Phi) is 4.16. The van der Waals surface area contributed by atoms with E-state index in [1.807, 2.05) is 20.1 Å². The first-order chi connectivity index (χ1) is 4.22.